The van der Waals surface area contributed by atoms with Gasteiger partial charge in [0.05, 0.1) is 11.6 Å². The van der Waals surface area contributed by atoms with Gasteiger partial charge < -0.3 is 19.9 Å². The van der Waals surface area contributed by atoms with Crippen LogP contribution >= 0.6 is 11.6 Å². The molecule has 0 aromatic heterocycles. The Hall–Kier alpha value is -1.91. The van der Waals surface area contributed by atoms with E-state index in [0.717, 1.165) is 16.8 Å². The molecular formula is C15H14ClNO3. The number of hydrogen-bond donors (Lipinski definition) is 2. The second kappa shape index (κ2) is 5.61. The van der Waals surface area contributed by atoms with E-state index in [-0.39, 0.29) is 13.4 Å². The summed E-state index contributed by atoms with van der Waals surface area (Å²) < 4.78 is 10.6. The van der Waals surface area contributed by atoms with Gasteiger partial charge in [-0.25, -0.2) is 0 Å². The zero-order chi connectivity index (χ0) is 13.9. The van der Waals surface area contributed by atoms with Gasteiger partial charge >= 0.3 is 0 Å². The monoisotopic (exact) mass is 291 g/mol. The molecule has 4 nitrogen and oxygen atoms in total. The fraction of sp³-hybridized carbons (Fsp3) is 0.200. The molecule has 2 aromatic rings. The molecule has 0 unspecified atom stereocenters. The standard InChI is InChI=1S/C15H14ClNO3/c16-12-5-10(6-14-15(12)20-9-19-14)7-17-13-4-2-1-3-11(13)8-18/h1-6,17-18H,7-9H2. The average molecular weight is 292 g/mol. The molecule has 20 heavy (non-hydrogen) atoms. The number of aliphatic hydroxyl groups is 1. The molecule has 0 saturated carbocycles. The average Bonchev–Trinajstić information content (AvgIpc) is 2.94. The third-order valence-corrected chi connectivity index (χ3v) is 3.44. The maximum atomic E-state index is 9.29. The van der Waals surface area contributed by atoms with E-state index < -0.39 is 0 Å². The molecule has 2 aromatic carbocycles. The molecule has 0 aliphatic carbocycles. The fourth-order valence-electron chi connectivity index (χ4n) is 2.15. The number of anilines is 1. The van der Waals surface area contributed by atoms with Crippen LogP contribution in [0.5, 0.6) is 11.5 Å². The maximum Gasteiger partial charge on any atom is 0.231 e. The van der Waals surface area contributed by atoms with Crippen molar-refractivity contribution in [3.8, 4) is 11.5 Å². The maximum absolute atomic E-state index is 9.29. The smallest absolute Gasteiger partial charge is 0.231 e. The molecule has 1 aliphatic heterocycles. The Bertz CT molecular complexity index is 631. The Kier molecular flexibility index (Phi) is 3.67. The predicted octanol–water partition coefficient (Wildman–Crippen LogP) is 3.17. The van der Waals surface area contributed by atoms with Gasteiger partial charge in [-0.1, -0.05) is 29.8 Å². The molecule has 0 bridgehead atoms. The van der Waals surface area contributed by atoms with Crippen molar-refractivity contribution >= 4 is 17.3 Å². The number of rotatable bonds is 4. The summed E-state index contributed by atoms with van der Waals surface area (Å²) in [6.45, 7) is 0.803. The summed E-state index contributed by atoms with van der Waals surface area (Å²) in [4.78, 5) is 0. The number of hydrogen-bond acceptors (Lipinski definition) is 4. The van der Waals surface area contributed by atoms with Gasteiger partial charge in [-0.15, -0.1) is 0 Å². The minimum Gasteiger partial charge on any atom is -0.454 e. The van der Waals surface area contributed by atoms with Crippen LogP contribution in [0, 0.1) is 0 Å². The lowest BCUT2D eigenvalue weighted by atomic mass is 10.1. The van der Waals surface area contributed by atoms with Crippen LogP contribution in [0.15, 0.2) is 36.4 Å². The number of aliphatic hydroxyl groups excluding tert-OH is 1. The van der Waals surface area contributed by atoms with E-state index in [9.17, 15) is 5.11 Å². The zero-order valence-electron chi connectivity index (χ0n) is 10.7. The molecular weight excluding hydrogens is 278 g/mol. The molecule has 0 atom stereocenters. The Morgan fingerprint density at radius 3 is 2.90 bits per heavy atom. The van der Waals surface area contributed by atoms with Crippen LogP contribution in [-0.2, 0) is 13.2 Å². The van der Waals surface area contributed by atoms with Crippen molar-refractivity contribution in [1.29, 1.82) is 0 Å². The number of benzene rings is 2. The van der Waals surface area contributed by atoms with Crippen molar-refractivity contribution < 1.29 is 14.6 Å². The molecule has 5 heteroatoms. The van der Waals surface area contributed by atoms with E-state index >= 15 is 0 Å². The van der Waals surface area contributed by atoms with Crippen molar-refractivity contribution in [2.45, 2.75) is 13.2 Å². The summed E-state index contributed by atoms with van der Waals surface area (Å²) >= 11 is 6.14. The van der Waals surface area contributed by atoms with Gasteiger partial charge in [0.2, 0.25) is 6.79 Å². The van der Waals surface area contributed by atoms with E-state index in [1.807, 2.05) is 36.4 Å². The summed E-state index contributed by atoms with van der Waals surface area (Å²) in [5.41, 5.74) is 2.76. The lowest BCUT2D eigenvalue weighted by Crippen LogP contribution is -2.02. The number of para-hydroxylation sites is 1. The van der Waals surface area contributed by atoms with Gasteiger partial charge in [-0.2, -0.15) is 0 Å². The molecule has 0 saturated heterocycles. The summed E-state index contributed by atoms with van der Waals surface area (Å²) in [6.07, 6.45) is 0. The second-order valence-electron chi connectivity index (χ2n) is 4.48. The van der Waals surface area contributed by atoms with Crippen LogP contribution in [0.25, 0.3) is 0 Å². The summed E-state index contributed by atoms with van der Waals surface area (Å²) in [5, 5.41) is 13.1. The highest BCUT2D eigenvalue weighted by atomic mass is 35.5. The van der Waals surface area contributed by atoms with Gasteiger partial charge in [0.1, 0.15) is 0 Å². The third kappa shape index (κ3) is 2.53. The molecule has 0 spiro atoms. The zero-order valence-corrected chi connectivity index (χ0v) is 11.5. The molecule has 0 amide bonds. The van der Waals surface area contributed by atoms with Crippen LogP contribution in [0.1, 0.15) is 11.1 Å². The van der Waals surface area contributed by atoms with E-state index in [1.165, 1.54) is 0 Å². The lowest BCUT2D eigenvalue weighted by molar-refractivity contribution is 0.174. The van der Waals surface area contributed by atoms with Gasteiger partial charge in [-0.3, -0.25) is 0 Å². The van der Waals surface area contributed by atoms with Crippen LogP contribution < -0.4 is 14.8 Å². The summed E-state index contributed by atoms with van der Waals surface area (Å²) in [5.74, 6) is 1.27. The lowest BCUT2D eigenvalue weighted by Gasteiger charge is -2.11. The van der Waals surface area contributed by atoms with Crippen LogP contribution in [-0.4, -0.2) is 11.9 Å². The van der Waals surface area contributed by atoms with Crippen molar-refractivity contribution in [3.63, 3.8) is 0 Å². The fourth-order valence-corrected chi connectivity index (χ4v) is 2.44. The van der Waals surface area contributed by atoms with E-state index in [4.69, 9.17) is 21.1 Å². The first-order chi connectivity index (χ1) is 9.78. The summed E-state index contributed by atoms with van der Waals surface area (Å²) in [6, 6.07) is 11.4. The number of nitrogens with one attached hydrogen (secondary N) is 1. The van der Waals surface area contributed by atoms with E-state index in [0.29, 0.717) is 23.1 Å². The van der Waals surface area contributed by atoms with Gasteiger partial charge in [0.15, 0.2) is 11.5 Å². The molecule has 2 N–H and O–H groups in total. The van der Waals surface area contributed by atoms with Crippen LogP contribution in [0.4, 0.5) is 5.69 Å². The third-order valence-electron chi connectivity index (χ3n) is 3.16. The van der Waals surface area contributed by atoms with Crippen molar-refractivity contribution in [2.75, 3.05) is 12.1 Å². The topological polar surface area (TPSA) is 50.7 Å². The number of fused-ring (bicyclic) bond motifs is 1. The van der Waals surface area contributed by atoms with Crippen LogP contribution in [0.2, 0.25) is 5.02 Å². The van der Waals surface area contributed by atoms with E-state index in [2.05, 4.69) is 5.32 Å². The normalized spacial score (nSPS) is 12.5. The first-order valence-electron chi connectivity index (χ1n) is 6.28. The Balaban J connectivity index is 1.77. The predicted molar refractivity (Wildman–Crippen MR) is 77.3 cm³/mol. The quantitative estimate of drug-likeness (QED) is 0.908. The first-order valence-corrected chi connectivity index (χ1v) is 6.66. The minimum atomic E-state index is 0.00503. The van der Waals surface area contributed by atoms with Gasteiger partial charge in [-0.05, 0) is 23.8 Å². The van der Waals surface area contributed by atoms with Crippen molar-refractivity contribution in [1.82, 2.24) is 0 Å². The Morgan fingerprint density at radius 2 is 2.05 bits per heavy atom. The molecule has 1 aliphatic rings. The van der Waals surface area contributed by atoms with Crippen molar-refractivity contribution in [2.24, 2.45) is 0 Å². The minimum absolute atomic E-state index is 0.00503. The molecule has 3 rings (SSSR count). The second-order valence-corrected chi connectivity index (χ2v) is 4.89. The number of ether oxygens (including phenoxy) is 2. The molecule has 1 heterocycles. The SMILES string of the molecule is OCc1ccccc1NCc1cc(Cl)c2c(c1)OCO2. The molecule has 0 radical (unpaired) electrons. The first kappa shape index (κ1) is 13.1. The largest absolute Gasteiger partial charge is 0.454 e. The highest BCUT2D eigenvalue weighted by molar-refractivity contribution is 6.32. The Morgan fingerprint density at radius 1 is 1.20 bits per heavy atom. The van der Waals surface area contributed by atoms with Crippen molar-refractivity contribution in [3.05, 3.63) is 52.5 Å². The summed E-state index contributed by atoms with van der Waals surface area (Å²) in [7, 11) is 0. The van der Waals surface area contributed by atoms with Gasteiger partial charge in [0, 0.05) is 17.8 Å². The van der Waals surface area contributed by atoms with Gasteiger partial charge in [0.25, 0.3) is 0 Å². The molecule has 0 fully saturated rings. The highest BCUT2D eigenvalue weighted by Gasteiger charge is 2.18. The van der Waals surface area contributed by atoms with Crippen LogP contribution in [0.3, 0.4) is 0 Å². The Labute approximate surface area is 121 Å². The van der Waals surface area contributed by atoms with E-state index in [1.54, 1.807) is 0 Å². The highest BCUT2D eigenvalue weighted by Crippen LogP contribution is 2.39. The number of halogens is 1. The molecule has 104 valence electrons.